The summed E-state index contributed by atoms with van der Waals surface area (Å²) >= 11 is 0. The van der Waals surface area contributed by atoms with E-state index < -0.39 is 23.1 Å². The van der Waals surface area contributed by atoms with Crippen LogP contribution >= 0.6 is 0 Å². The Morgan fingerprint density at radius 2 is 1.94 bits per heavy atom. The van der Waals surface area contributed by atoms with Crippen LogP contribution < -0.4 is 10.6 Å². The molecule has 0 atom stereocenters. The van der Waals surface area contributed by atoms with E-state index in [9.17, 15) is 18.4 Å². The largest absolute Gasteiger partial charge is 0.355 e. The molecule has 1 aromatic rings. The highest BCUT2D eigenvalue weighted by molar-refractivity contribution is 5.96. The molecule has 0 heterocycles. The molecule has 0 unspecified atom stereocenters. The summed E-state index contributed by atoms with van der Waals surface area (Å²) in [7, 11) is 0. The zero-order valence-corrected chi connectivity index (χ0v) is 9.93. The fourth-order valence-electron chi connectivity index (χ4n) is 1.26. The van der Waals surface area contributed by atoms with E-state index in [1.807, 2.05) is 6.92 Å². The zero-order valence-electron chi connectivity index (χ0n) is 9.93. The maximum absolute atomic E-state index is 13.2. The van der Waals surface area contributed by atoms with Crippen LogP contribution in [0.5, 0.6) is 0 Å². The molecule has 18 heavy (non-hydrogen) atoms. The van der Waals surface area contributed by atoms with Crippen molar-refractivity contribution in [2.45, 2.75) is 13.3 Å². The number of hydrogen-bond acceptors (Lipinski definition) is 2. The lowest BCUT2D eigenvalue weighted by molar-refractivity contribution is -0.120. The van der Waals surface area contributed by atoms with Crippen molar-refractivity contribution in [3.05, 3.63) is 35.4 Å². The molecule has 98 valence electrons. The van der Waals surface area contributed by atoms with Crippen LogP contribution in [0.3, 0.4) is 0 Å². The Hall–Kier alpha value is -1.98. The van der Waals surface area contributed by atoms with Gasteiger partial charge in [0.05, 0.1) is 12.1 Å². The van der Waals surface area contributed by atoms with E-state index >= 15 is 0 Å². The molecular weight excluding hydrogens is 242 g/mol. The topological polar surface area (TPSA) is 58.2 Å². The first kappa shape index (κ1) is 14.1. The molecule has 2 N–H and O–H groups in total. The van der Waals surface area contributed by atoms with Gasteiger partial charge < -0.3 is 10.6 Å². The van der Waals surface area contributed by atoms with Crippen molar-refractivity contribution in [3.8, 4) is 0 Å². The highest BCUT2D eigenvalue weighted by Crippen LogP contribution is 2.10. The first-order chi connectivity index (χ1) is 8.56. The fourth-order valence-corrected chi connectivity index (χ4v) is 1.26. The minimum atomic E-state index is -1.22. The molecule has 0 aliphatic heterocycles. The van der Waals surface area contributed by atoms with E-state index in [2.05, 4.69) is 10.6 Å². The van der Waals surface area contributed by atoms with Crippen LogP contribution in [0.4, 0.5) is 8.78 Å². The van der Waals surface area contributed by atoms with Crippen molar-refractivity contribution in [2.75, 3.05) is 13.1 Å². The second-order valence-electron chi connectivity index (χ2n) is 3.63. The van der Waals surface area contributed by atoms with Gasteiger partial charge in [0, 0.05) is 6.54 Å². The Morgan fingerprint density at radius 1 is 1.22 bits per heavy atom. The molecule has 0 bridgehead atoms. The molecule has 0 saturated heterocycles. The third kappa shape index (κ3) is 3.80. The van der Waals surface area contributed by atoms with E-state index in [1.165, 1.54) is 6.07 Å². The number of hydrogen-bond donors (Lipinski definition) is 2. The fraction of sp³-hybridized carbons (Fsp3) is 0.333. The van der Waals surface area contributed by atoms with E-state index in [1.54, 1.807) is 0 Å². The summed E-state index contributed by atoms with van der Waals surface area (Å²) in [5.41, 5.74) is -0.418. The number of nitrogens with one attached hydrogen (secondary N) is 2. The van der Waals surface area contributed by atoms with Crippen molar-refractivity contribution in [1.82, 2.24) is 10.6 Å². The molecule has 1 aromatic carbocycles. The third-order valence-electron chi connectivity index (χ3n) is 2.18. The lowest BCUT2D eigenvalue weighted by atomic mass is 10.2. The van der Waals surface area contributed by atoms with Gasteiger partial charge >= 0.3 is 0 Å². The van der Waals surface area contributed by atoms with Gasteiger partial charge in [0.25, 0.3) is 5.91 Å². The van der Waals surface area contributed by atoms with Crippen LogP contribution in [-0.4, -0.2) is 24.9 Å². The van der Waals surface area contributed by atoms with Gasteiger partial charge in [0.1, 0.15) is 0 Å². The van der Waals surface area contributed by atoms with E-state index in [-0.39, 0.29) is 12.5 Å². The van der Waals surface area contributed by atoms with Crippen LogP contribution in [0.15, 0.2) is 18.2 Å². The summed E-state index contributed by atoms with van der Waals surface area (Å²) in [6, 6.07) is 3.29. The lowest BCUT2D eigenvalue weighted by Gasteiger charge is -2.06. The molecule has 0 radical (unpaired) electrons. The van der Waals surface area contributed by atoms with Crippen molar-refractivity contribution >= 4 is 11.8 Å². The normalized spacial score (nSPS) is 9.94. The highest BCUT2D eigenvalue weighted by atomic mass is 19.2. The molecule has 6 heteroatoms. The average Bonchev–Trinajstić information content (AvgIpc) is 2.36. The minimum absolute atomic E-state index is 0.269. The molecule has 0 spiro atoms. The standard InChI is InChI=1S/C12H14F2N2O2/c1-2-6-15-10(17)7-16-12(18)8-4-3-5-9(13)11(8)14/h3-5H,2,6-7H2,1H3,(H,15,17)(H,16,18). The first-order valence-corrected chi connectivity index (χ1v) is 5.55. The van der Waals surface area contributed by atoms with Gasteiger partial charge in [-0.2, -0.15) is 0 Å². The molecule has 2 amide bonds. The Kier molecular flexibility index (Phi) is 5.23. The number of carbonyl (C=O) groups excluding carboxylic acids is 2. The van der Waals surface area contributed by atoms with Crippen molar-refractivity contribution in [3.63, 3.8) is 0 Å². The average molecular weight is 256 g/mol. The lowest BCUT2D eigenvalue weighted by Crippen LogP contribution is -2.37. The van der Waals surface area contributed by atoms with Gasteiger partial charge in [-0.3, -0.25) is 9.59 Å². The molecule has 0 aliphatic rings. The smallest absolute Gasteiger partial charge is 0.254 e. The highest BCUT2D eigenvalue weighted by Gasteiger charge is 2.15. The van der Waals surface area contributed by atoms with Crippen LogP contribution in [0.25, 0.3) is 0 Å². The number of rotatable bonds is 5. The Bertz CT molecular complexity index is 450. The van der Waals surface area contributed by atoms with Gasteiger partial charge in [-0.05, 0) is 18.6 Å². The number of carbonyl (C=O) groups is 2. The molecule has 0 aliphatic carbocycles. The summed E-state index contributed by atoms with van der Waals surface area (Å²) in [4.78, 5) is 22.7. The van der Waals surface area contributed by atoms with Gasteiger partial charge in [-0.25, -0.2) is 8.78 Å². The Morgan fingerprint density at radius 3 is 2.61 bits per heavy atom. The van der Waals surface area contributed by atoms with Crippen LogP contribution in [0.1, 0.15) is 23.7 Å². The molecule has 0 saturated carbocycles. The predicted octanol–water partition coefficient (Wildman–Crippen LogP) is 1.22. The van der Waals surface area contributed by atoms with Crippen LogP contribution in [-0.2, 0) is 4.79 Å². The second-order valence-corrected chi connectivity index (χ2v) is 3.63. The number of amides is 2. The summed E-state index contributed by atoms with van der Waals surface area (Å²) < 4.78 is 26.1. The van der Waals surface area contributed by atoms with E-state index in [0.717, 1.165) is 18.6 Å². The second kappa shape index (κ2) is 6.68. The van der Waals surface area contributed by atoms with E-state index in [0.29, 0.717) is 6.54 Å². The van der Waals surface area contributed by atoms with E-state index in [4.69, 9.17) is 0 Å². The molecular formula is C12H14F2N2O2. The van der Waals surface area contributed by atoms with Crippen molar-refractivity contribution in [1.29, 1.82) is 0 Å². The summed E-state index contributed by atoms with van der Waals surface area (Å²) in [6.45, 7) is 2.12. The van der Waals surface area contributed by atoms with Gasteiger partial charge in [0.2, 0.25) is 5.91 Å². The molecule has 0 fully saturated rings. The van der Waals surface area contributed by atoms with Gasteiger partial charge in [-0.15, -0.1) is 0 Å². The maximum Gasteiger partial charge on any atom is 0.254 e. The quantitative estimate of drug-likeness (QED) is 0.832. The van der Waals surface area contributed by atoms with Crippen molar-refractivity contribution < 1.29 is 18.4 Å². The zero-order chi connectivity index (χ0) is 13.5. The summed E-state index contributed by atoms with van der Waals surface area (Å²) in [5, 5.41) is 4.76. The Labute approximate surface area is 103 Å². The van der Waals surface area contributed by atoms with Gasteiger partial charge in [-0.1, -0.05) is 13.0 Å². The number of halogens is 2. The van der Waals surface area contributed by atoms with Gasteiger partial charge in [0.15, 0.2) is 11.6 Å². The molecule has 1 rings (SSSR count). The molecule has 4 nitrogen and oxygen atoms in total. The first-order valence-electron chi connectivity index (χ1n) is 5.55. The minimum Gasteiger partial charge on any atom is -0.355 e. The SMILES string of the molecule is CCCNC(=O)CNC(=O)c1cccc(F)c1F. The van der Waals surface area contributed by atoms with Crippen LogP contribution in [0, 0.1) is 11.6 Å². The Balaban J connectivity index is 2.55. The summed E-state index contributed by atoms with van der Waals surface area (Å²) in [5.74, 6) is -3.51. The third-order valence-corrected chi connectivity index (χ3v) is 2.18. The number of benzene rings is 1. The predicted molar refractivity (Wildman–Crippen MR) is 62.0 cm³/mol. The van der Waals surface area contributed by atoms with Crippen molar-refractivity contribution in [2.24, 2.45) is 0 Å². The van der Waals surface area contributed by atoms with Crippen LogP contribution in [0.2, 0.25) is 0 Å². The summed E-state index contributed by atoms with van der Waals surface area (Å²) in [6.07, 6.45) is 0.776. The molecule has 0 aromatic heterocycles. The monoisotopic (exact) mass is 256 g/mol. The maximum atomic E-state index is 13.2.